The van der Waals surface area contributed by atoms with Crippen LogP contribution in [0.5, 0.6) is 5.75 Å². The van der Waals surface area contributed by atoms with Gasteiger partial charge in [-0.1, -0.05) is 11.6 Å². The van der Waals surface area contributed by atoms with Crippen molar-refractivity contribution in [3.63, 3.8) is 0 Å². The third-order valence-corrected chi connectivity index (χ3v) is 6.51. The van der Waals surface area contributed by atoms with Gasteiger partial charge in [-0.05, 0) is 49.4 Å². The average molecular weight is 517 g/mol. The monoisotopic (exact) mass is 516 g/mol. The van der Waals surface area contributed by atoms with Gasteiger partial charge in [0.15, 0.2) is 0 Å². The Morgan fingerprint density at radius 2 is 2.00 bits per heavy atom. The number of pyridine rings is 1. The molecule has 1 atom stereocenters. The molecule has 6 nitrogen and oxygen atoms in total. The summed E-state index contributed by atoms with van der Waals surface area (Å²) < 4.78 is 45.9. The molecule has 34 heavy (non-hydrogen) atoms. The van der Waals surface area contributed by atoms with Gasteiger partial charge >= 0.3 is 6.18 Å². The van der Waals surface area contributed by atoms with E-state index in [1.54, 1.807) is 12.1 Å². The fraction of sp³-hybridized carbons (Fsp3) is 0.348. The highest BCUT2D eigenvalue weighted by molar-refractivity contribution is 7.99. The second-order valence-corrected chi connectivity index (χ2v) is 8.97. The van der Waals surface area contributed by atoms with Crippen LogP contribution in [0.2, 0.25) is 5.02 Å². The van der Waals surface area contributed by atoms with Crippen molar-refractivity contribution in [2.75, 3.05) is 32.6 Å². The highest BCUT2D eigenvalue weighted by Crippen LogP contribution is 2.42. The lowest BCUT2D eigenvalue weighted by atomic mass is 9.98. The van der Waals surface area contributed by atoms with Gasteiger partial charge in [0.2, 0.25) is 0 Å². The zero-order valence-electron chi connectivity index (χ0n) is 18.2. The molecule has 3 rings (SSSR count). The molecular weight excluding hydrogens is 493 g/mol. The summed E-state index contributed by atoms with van der Waals surface area (Å²) in [5, 5.41) is 22.6. The fourth-order valence-electron chi connectivity index (χ4n) is 3.44. The number of methoxy groups -OCH3 is 1. The van der Waals surface area contributed by atoms with Gasteiger partial charge < -0.3 is 25.3 Å². The number of rotatable bonds is 10. The van der Waals surface area contributed by atoms with Crippen LogP contribution >= 0.6 is 23.4 Å². The minimum Gasteiger partial charge on any atom is -0.496 e. The smallest absolute Gasteiger partial charge is 0.416 e. The van der Waals surface area contributed by atoms with Crippen LogP contribution in [0.25, 0.3) is 22.0 Å². The molecule has 0 aliphatic rings. The minimum absolute atomic E-state index is 0.0229. The molecular formula is C23H24ClF3N2O4S. The van der Waals surface area contributed by atoms with Gasteiger partial charge in [-0.2, -0.15) is 13.2 Å². The van der Waals surface area contributed by atoms with Crippen molar-refractivity contribution >= 4 is 34.3 Å². The number of hydrogen-bond acceptors (Lipinski definition) is 6. The van der Waals surface area contributed by atoms with Gasteiger partial charge in [-0.15, -0.1) is 11.8 Å². The average Bonchev–Trinajstić information content (AvgIpc) is 2.79. The maximum atomic E-state index is 13.5. The zero-order chi connectivity index (χ0) is 24.9. The van der Waals surface area contributed by atoms with E-state index in [1.165, 1.54) is 19.2 Å². The number of thioether (sulfide) groups is 1. The molecule has 0 saturated heterocycles. The number of aliphatic hydroxyl groups is 2. The van der Waals surface area contributed by atoms with Crippen molar-refractivity contribution in [2.24, 2.45) is 0 Å². The van der Waals surface area contributed by atoms with Gasteiger partial charge in [0.25, 0.3) is 5.56 Å². The van der Waals surface area contributed by atoms with E-state index in [0.717, 1.165) is 23.9 Å². The molecule has 1 unspecified atom stereocenters. The molecule has 11 heteroatoms. The number of aromatic amines is 1. The number of ether oxygens (including phenoxy) is 1. The SMILES string of the molecule is COc1ccc(Cl)cc1-c1c(SCC(O)CNCCCO)c(=O)[nH]c2ccc(C(F)(F)F)cc12. The lowest BCUT2D eigenvalue weighted by Gasteiger charge is -2.18. The first kappa shape index (κ1) is 26.4. The van der Waals surface area contributed by atoms with Crippen molar-refractivity contribution in [1.29, 1.82) is 0 Å². The topological polar surface area (TPSA) is 94.6 Å². The standard InChI is InChI=1S/C23H24ClF3N2O4S/c1-33-19-6-4-14(24)10-17(19)20-16-9-13(23(25,26)27)3-5-18(16)29-22(32)21(20)34-12-15(31)11-28-7-2-8-30/h3-6,9-10,15,28,30-31H,2,7-8,11-12H2,1H3,(H,29,32). The Hall–Kier alpha value is -2.24. The number of fused-ring (bicyclic) bond motifs is 1. The Morgan fingerprint density at radius 1 is 1.24 bits per heavy atom. The molecule has 0 fully saturated rings. The van der Waals surface area contributed by atoms with Crippen LogP contribution < -0.4 is 15.6 Å². The maximum absolute atomic E-state index is 13.5. The van der Waals surface area contributed by atoms with Crippen LogP contribution in [0.3, 0.4) is 0 Å². The Kier molecular flexibility index (Phi) is 8.89. The van der Waals surface area contributed by atoms with Crippen LogP contribution in [-0.4, -0.2) is 53.9 Å². The predicted molar refractivity (Wildman–Crippen MR) is 128 cm³/mol. The van der Waals surface area contributed by atoms with E-state index < -0.39 is 23.4 Å². The molecule has 4 N–H and O–H groups in total. The second kappa shape index (κ2) is 11.5. The molecule has 0 spiro atoms. The van der Waals surface area contributed by atoms with Crippen molar-refractivity contribution in [1.82, 2.24) is 10.3 Å². The molecule has 0 aliphatic heterocycles. The lowest BCUT2D eigenvalue weighted by molar-refractivity contribution is -0.137. The van der Waals surface area contributed by atoms with E-state index in [-0.39, 0.29) is 40.3 Å². The second-order valence-electron chi connectivity index (χ2n) is 7.51. The predicted octanol–water partition coefficient (Wildman–Crippen LogP) is 4.30. The summed E-state index contributed by atoms with van der Waals surface area (Å²) in [6.45, 7) is 0.765. The Labute approximate surface area is 203 Å². The number of hydrogen-bond donors (Lipinski definition) is 4. The number of H-pyrrole nitrogens is 1. The third-order valence-electron chi connectivity index (χ3n) is 5.04. The van der Waals surface area contributed by atoms with Crippen LogP contribution in [-0.2, 0) is 6.18 Å². The van der Waals surface area contributed by atoms with E-state index in [2.05, 4.69) is 10.3 Å². The third kappa shape index (κ3) is 6.25. The fourth-order valence-corrected chi connectivity index (χ4v) is 4.64. The van der Waals surface area contributed by atoms with Gasteiger partial charge in [0.05, 0.1) is 23.7 Å². The van der Waals surface area contributed by atoms with Crippen molar-refractivity contribution in [3.05, 3.63) is 57.3 Å². The molecule has 3 aromatic rings. The largest absolute Gasteiger partial charge is 0.496 e. The number of nitrogens with one attached hydrogen (secondary N) is 2. The van der Waals surface area contributed by atoms with Crippen LogP contribution in [0.1, 0.15) is 12.0 Å². The molecule has 2 aromatic carbocycles. The van der Waals surface area contributed by atoms with E-state index in [9.17, 15) is 23.1 Å². The molecule has 0 bridgehead atoms. The van der Waals surface area contributed by atoms with Crippen molar-refractivity contribution in [2.45, 2.75) is 23.6 Å². The number of halogens is 4. The number of aromatic nitrogens is 1. The zero-order valence-corrected chi connectivity index (χ0v) is 19.8. The van der Waals surface area contributed by atoms with Gasteiger partial charge in [0.1, 0.15) is 5.75 Å². The molecule has 184 valence electrons. The van der Waals surface area contributed by atoms with E-state index in [4.69, 9.17) is 21.4 Å². The molecule has 0 aliphatic carbocycles. The molecule has 0 saturated carbocycles. The van der Waals surface area contributed by atoms with E-state index in [1.807, 2.05) is 0 Å². The van der Waals surface area contributed by atoms with E-state index >= 15 is 0 Å². The Bertz CT molecular complexity index is 1200. The summed E-state index contributed by atoms with van der Waals surface area (Å²) in [5.41, 5.74) is -0.531. The summed E-state index contributed by atoms with van der Waals surface area (Å²) >= 11 is 7.22. The normalized spacial score (nSPS) is 12.8. The maximum Gasteiger partial charge on any atom is 0.416 e. The first-order valence-corrected chi connectivity index (χ1v) is 11.8. The summed E-state index contributed by atoms with van der Waals surface area (Å²) in [6, 6.07) is 7.80. The molecule has 0 amide bonds. The summed E-state index contributed by atoms with van der Waals surface area (Å²) in [7, 11) is 1.41. The first-order chi connectivity index (χ1) is 16.2. The van der Waals surface area contributed by atoms with Crippen molar-refractivity contribution < 1.29 is 28.1 Å². The van der Waals surface area contributed by atoms with Gasteiger partial charge in [-0.25, -0.2) is 0 Å². The lowest BCUT2D eigenvalue weighted by Crippen LogP contribution is -2.29. The van der Waals surface area contributed by atoms with E-state index in [0.29, 0.717) is 29.3 Å². The highest BCUT2D eigenvalue weighted by atomic mass is 35.5. The summed E-state index contributed by atoms with van der Waals surface area (Å²) in [4.78, 5) is 15.8. The summed E-state index contributed by atoms with van der Waals surface area (Å²) in [6.07, 6.45) is -4.89. The highest BCUT2D eigenvalue weighted by Gasteiger charge is 2.31. The quantitative estimate of drug-likeness (QED) is 0.237. The minimum atomic E-state index is -4.58. The molecule has 1 aromatic heterocycles. The Morgan fingerprint density at radius 3 is 2.68 bits per heavy atom. The summed E-state index contributed by atoms with van der Waals surface area (Å²) in [5.74, 6) is 0.442. The van der Waals surface area contributed by atoms with Crippen LogP contribution in [0.15, 0.2) is 46.1 Å². The molecule has 1 heterocycles. The number of benzene rings is 2. The Balaban J connectivity index is 2.14. The first-order valence-electron chi connectivity index (χ1n) is 10.4. The van der Waals surface area contributed by atoms with Crippen molar-refractivity contribution in [3.8, 4) is 16.9 Å². The van der Waals surface area contributed by atoms with Crippen LogP contribution in [0, 0.1) is 0 Å². The van der Waals surface area contributed by atoms with Gasteiger partial charge in [0, 0.05) is 46.0 Å². The number of aliphatic hydroxyl groups excluding tert-OH is 2. The molecule has 0 radical (unpaired) electrons. The van der Waals surface area contributed by atoms with Gasteiger partial charge in [-0.3, -0.25) is 4.79 Å². The van der Waals surface area contributed by atoms with Crippen LogP contribution in [0.4, 0.5) is 13.2 Å². The number of alkyl halides is 3.